The summed E-state index contributed by atoms with van der Waals surface area (Å²) in [4.78, 5) is 29.0. The maximum absolute atomic E-state index is 12.8. The number of nitrogens with one attached hydrogen (secondary N) is 1. The van der Waals surface area contributed by atoms with Crippen LogP contribution in [0.15, 0.2) is 12.5 Å². The van der Waals surface area contributed by atoms with Crippen LogP contribution in [0.2, 0.25) is 0 Å². The minimum atomic E-state index is -0.433. The van der Waals surface area contributed by atoms with Crippen molar-refractivity contribution < 1.29 is 19.1 Å². The lowest BCUT2D eigenvalue weighted by atomic mass is 9.99. The van der Waals surface area contributed by atoms with E-state index >= 15 is 0 Å². The van der Waals surface area contributed by atoms with Gasteiger partial charge in [0.05, 0.1) is 18.6 Å². The van der Waals surface area contributed by atoms with Crippen LogP contribution < -0.4 is 5.32 Å². The summed E-state index contributed by atoms with van der Waals surface area (Å²) >= 11 is 0. The molecule has 0 saturated heterocycles. The molecule has 1 aliphatic rings. The number of esters is 1. The zero-order valence-electron chi connectivity index (χ0n) is 18.0. The number of imidazole rings is 1. The molecule has 9 heteroatoms. The first-order valence-electron chi connectivity index (χ1n) is 10.6. The van der Waals surface area contributed by atoms with Gasteiger partial charge >= 0.3 is 5.97 Å². The Morgan fingerprint density at radius 1 is 1.37 bits per heavy atom. The normalized spacial score (nSPS) is 16.3. The molecule has 3 heterocycles. The quantitative estimate of drug-likeness (QED) is 0.719. The average Bonchev–Trinajstić information content (AvgIpc) is 3.30. The second-order valence-electron chi connectivity index (χ2n) is 7.75. The molecular weight excluding hydrogens is 386 g/mol. The van der Waals surface area contributed by atoms with Gasteiger partial charge in [-0.3, -0.25) is 9.48 Å². The van der Waals surface area contributed by atoms with Crippen molar-refractivity contribution in [3.05, 3.63) is 35.2 Å². The standard InChI is InChI=1S/C21H31N5O4/c1-4-26-19-16(7-5-9-29-10-6-8-22-20(19)27)17(24-26)11-15(2)13-30-21(28)18-12-25(3)14-23-18/h12,14-15H,4-11,13H2,1-3H3,(H,22,27)/t15-/m1/s1. The van der Waals surface area contributed by atoms with Gasteiger partial charge in [-0.15, -0.1) is 0 Å². The molecule has 164 valence electrons. The summed E-state index contributed by atoms with van der Waals surface area (Å²) in [5.41, 5.74) is 2.81. The highest BCUT2D eigenvalue weighted by Crippen LogP contribution is 2.21. The Bertz CT molecular complexity index is 873. The largest absolute Gasteiger partial charge is 0.461 e. The Morgan fingerprint density at radius 2 is 2.17 bits per heavy atom. The van der Waals surface area contributed by atoms with Gasteiger partial charge in [0.1, 0.15) is 5.69 Å². The third-order valence-electron chi connectivity index (χ3n) is 5.07. The minimum Gasteiger partial charge on any atom is -0.461 e. The topological polar surface area (TPSA) is 100 Å². The monoisotopic (exact) mass is 417 g/mol. The number of rotatable bonds is 6. The van der Waals surface area contributed by atoms with E-state index in [0.29, 0.717) is 44.1 Å². The molecule has 1 amide bonds. The summed E-state index contributed by atoms with van der Waals surface area (Å²) in [6.45, 7) is 6.79. The lowest BCUT2D eigenvalue weighted by molar-refractivity contribution is 0.0442. The van der Waals surface area contributed by atoms with E-state index in [-0.39, 0.29) is 18.4 Å². The molecule has 0 spiro atoms. The summed E-state index contributed by atoms with van der Waals surface area (Å²) in [6.07, 6.45) is 6.20. The van der Waals surface area contributed by atoms with Crippen LogP contribution in [-0.4, -0.2) is 57.6 Å². The number of carbonyl (C=O) groups excluding carboxylic acids is 2. The fourth-order valence-electron chi connectivity index (χ4n) is 3.57. The molecule has 2 aromatic heterocycles. The highest BCUT2D eigenvalue weighted by molar-refractivity contribution is 5.94. The van der Waals surface area contributed by atoms with Gasteiger partial charge in [-0.05, 0) is 38.5 Å². The predicted octanol–water partition coefficient (Wildman–Crippen LogP) is 1.75. The molecule has 0 bridgehead atoms. The lowest BCUT2D eigenvalue weighted by Gasteiger charge is -2.12. The molecule has 3 rings (SSSR count). The van der Waals surface area contributed by atoms with E-state index in [0.717, 1.165) is 30.5 Å². The van der Waals surface area contributed by atoms with Gasteiger partial charge in [0.25, 0.3) is 5.91 Å². The van der Waals surface area contributed by atoms with Crippen molar-refractivity contribution in [2.45, 2.75) is 46.1 Å². The molecule has 9 nitrogen and oxygen atoms in total. The van der Waals surface area contributed by atoms with Gasteiger partial charge in [-0.1, -0.05) is 6.92 Å². The molecule has 2 aromatic rings. The van der Waals surface area contributed by atoms with Crippen molar-refractivity contribution in [2.75, 3.05) is 26.4 Å². The fourth-order valence-corrected chi connectivity index (χ4v) is 3.57. The van der Waals surface area contributed by atoms with Crippen molar-refractivity contribution >= 4 is 11.9 Å². The Hall–Kier alpha value is -2.68. The number of aromatic nitrogens is 4. The van der Waals surface area contributed by atoms with Crippen molar-refractivity contribution in [2.24, 2.45) is 13.0 Å². The summed E-state index contributed by atoms with van der Waals surface area (Å²) in [5, 5.41) is 7.70. The van der Waals surface area contributed by atoms with E-state index in [1.165, 1.54) is 0 Å². The van der Waals surface area contributed by atoms with E-state index in [1.807, 2.05) is 13.8 Å². The van der Waals surface area contributed by atoms with E-state index < -0.39 is 5.97 Å². The molecule has 0 aromatic carbocycles. The molecule has 30 heavy (non-hydrogen) atoms. The van der Waals surface area contributed by atoms with Crippen molar-refractivity contribution in [3.8, 4) is 0 Å². The first kappa shape index (κ1) is 22.0. The number of nitrogens with zero attached hydrogens (tertiary/aromatic N) is 4. The van der Waals surface area contributed by atoms with Crippen LogP contribution in [0.4, 0.5) is 0 Å². The van der Waals surface area contributed by atoms with Gasteiger partial charge in [-0.2, -0.15) is 5.10 Å². The van der Waals surface area contributed by atoms with Crippen LogP contribution in [0, 0.1) is 5.92 Å². The first-order valence-corrected chi connectivity index (χ1v) is 10.6. The number of ether oxygens (including phenoxy) is 2. The maximum Gasteiger partial charge on any atom is 0.358 e. The number of carbonyl (C=O) groups is 2. The van der Waals surface area contributed by atoms with Crippen molar-refractivity contribution in [3.63, 3.8) is 0 Å². The van der Waals surface area contributed by atoms with Gasteiger partial charge in [-0.25, -0.2) is 9.78 Å². The van der Waals surface area contributed by atoms with E-state index in [4.69, 9.17) is 14.6 Å². The molecule has 0 saturated carbocycles. The molecule has 1 N–H and O–H groups in total. The van der Waals surface area contributed by atoms with Crippen LogP contribution in [0.25, 0.3) is 0 Å². The molecule has 0 fully saturated rings. The van der Waals surface area contributed by atoms with Gasteiger partial charge in [0.15, 0.2) is 5.69 Å². The number of fused-ring (bicyclic) bond motifs is 1. The molecule has 1 atom stereocenters. The Morgan fingerprint density at radius 3 is 2.90 bits per heavy atom. The van der Waals surface area contributed by atoms with Crippen molar-refractivity contribution in [1.29, 1.82) is 0 Å². The van der Waals surface area contributed by atoms with Crippen LogP contribution in [0.3, 0.4) is 0 Å². The number of hydrogen-bond acceptors (Lipinski definition) is 6. The van der Waals surface area contributed by atoms with Crippen molar-refractivity contribution in [1.82, 2.24) is 24.6 Å². The third kappa shape index (κ3) is 5.47. The first-order chi connectivity index (χ1) is 14.5. The summed E-state index contributed by atoms with van der Waals surface area (Å²) in [5.74, 6) is -0.460. The molecule has 0 aliphatic carbocycles. The van der Waals surface area contributed by atoms with Gasteiger partial charge < -0.3 is 19.4 Å². The maximum atomic E-state index is 12.8. The zero-order valence-corrected chi connectivity index (χ0v) is 18.0. The van der Waals surface area contributed by atoms with Crippen LogP contribution in [0.5, 0.6) is 0 Å². The summed E-state index contributed by atoms with van der Waals surface area (Å²) in [6, 6.07) is 0. The number of hydrogen-bond donors (Lipinski definition) is 1. The molecule has 1 aliphatic heterocycles. The van der Waals surface area contributed by atoms with Crippen LogP contribution in [-0.2, 0) is 35.9 Å². The Balaban J connectivity index is 1.71. The Labute approximate surface area is 176 Å². The average molecular weight is 418 g/mol. The minimum absolute atomic E-state index is 0.0551. The second kappa shape index (κ2) is 10.4. The van der Waals surface area contributed by atoms with Gasteiger partial charge in [0, 0.05) is 45.1 Å². The van der Waals surface area contributed by atoms with E-state index in [1.54, 1.807) is 28.8 Å². The number of aryl methyl sites for hydroxylation is 2. The second-order valence-corrected chi connectivity index (χ2v) is 7.75. The summed E-state index contributed by atoms with van der Waals surface area (Å²) in [7, 11) is 1.80. The highest BCUT2D eigenvalue weighted by atomic mass is 16.5. The number of amides is 1. The SMILES string of the molecule is CCn1nc(C[C@@H](C)COC(=O)c2cn(C)cn2)c2c1C(=O)NCCCOCCC2. The third-order valence-corrected chi connectivity index (χ3v) is 5.07. The summed E-state index contributed by atoms with van der Waals surface area (Å²) < 4.78 is 14.5. The zero-order chi connectivity index (χ0) is 21.5. The smallest absolute Gasteiger partial charge is 0.358 e. The van der Waals surface area contributed by atoms with Crippen LogP contribution >= 0.6 is 0 Å². The molecule has 0 unspecified atom stereocenters. The van der Waals surface area contributed by atoms with E-state index in [2.05, 4.69) is 10.3 Å². The lowest BCUT2D eigenvalue weighted by Crippen LogP contribution is -2.28. The highest BCUT2D eigenvalue weighted by Gasteiger charge is 2.24. The fraction of sp³-hybridized carbons (Fsp3) is 0.619. The van der Waals surface area contributed by atoms with E-state index in [9.17, 15) is 9.59 Å². The predicted molar refractivity (Wildman–Crippen MR) is 110 cm³/mol. The van der Waals surface area contributed by atoms with Crippen LogP contribution in [0.1, 0.15) is 58.9 Å². The molecule has 0 radical (unpaired) electrons. The van der Waals surface area contributed by atoms with Gasteiger partial charge in [0.2, 0.25) is 0 Å². The molecular formula is C21H31N5O4. The Kier molecular flexibility index (Phi) is 7.62.